The maximum Gasteiger partial charge on any atom is 0.270 e. The minimum Gasteiger partial charge on any atom is -0.373 e. The van der Waals surface area contributed by atoms with Crippen molar-refractivity contribution in [1.29, 1.82) is 0 Å². The third-order valence-electron chi connectivity index (χ3n) is 5.77. The molecule has 1 aromatic carbocycles. The fourth-order valence-electron chi connectivity index (χ4n) is 4.28. The van der Waals surface area contributed by atoms with Crippen LogP contribution in [0.2, 0.25) is 0 Å². The smallest absolute Gasteiger partial charge is 0.270 e. The zero-order valence-corrected chi connectivity index (χ0v) is 15.4. The number of carbonyl (C=O) groups excluding carboxylic acids is 1. The van der Waals surface area contributed by atoms with E-state index in [1.807, 2.05) is 30.3 Å². The van der Waals surface area contributed by atoms with Gasteiger partial charge in [0.25, 0.3) is 5.91 Å². The van der Waals surface area contributed by atoms with Gasteiger partial charge in [0, 0.05) is 37.3 Å². The van der Waals surface area contributed by atoms with Crippen LogP contribution in [0.3, 0.4) is 0 Å². The molecule has 7 heteroatoms. The molecule has 1 N–H and O–H groups in total. The standard InChI is InChI=1S/C20H23N5O2/c1-24-9-10-27-16-12-25(11-15(16)24)19-14-7-8-21-20(26)17(14)22-18(23-19)13-5-3-2-4-6-13/h2-6,15-16H,7-12H2,1H3,(H,21,26)/t15-,16-/m0/s1. The molecule has 1 amide bonds. The van der Waals surface area contributed by atoms with Crippen LogP contribution in [-0.4, -0.2) is 72.8 Å². The molecule has 0 unspecified atom stereocenters. The van der Waals surface area contributed by atoms with Crippen molar-refractivity contribution in [3.63, 3.8) is 0 Å². The van der Waals surface area contributed by atoms with Gasteiger partial charge in [0.1, 0.15) is 11.5 Å². The molecule has 0 radical (unpaired) electrons. The summed E-state index contributed by atoms with van der Waals surface area (Å²) < 4.78 is 6.00. The maximum atomic E-state index is 12.5. The van der Waals surface area contributed by atoms with Crippen LogP contribution in [0.15, 0.2) is 30.3 Å². The predicted molar refractivity (Wildman–Crippen MR) is 102 cm³/mol. The fourth-order valence-corrected chi connectivity index (χ4v) is 4.28. The number of carbonyl (C=O) groups is 1. The number of hydrogen-bond donors (Lipinski definition) is 1. The van der Waals surface area contributed by atoms with E-state index in [4.69, 9.17) is 9.72 Å². The topological polar surface area (TPSA) is 70.6 Å². The first kappa shape index (κ1) is 16.6. The Labute approximate surface area is 158 Å². The molecule has 2 atom stereocenters. The highest BCUT2D eigenvalue weighted by Crippen LogP contribution is 2.32. The van der Waals surface area contributed by atoms with Crippen LogP contribution in [0.25, 0.3) is 11.4 Å². The van der Waals surface area contributed by atoms with Gasteiger partial charge < -0.3 is 15.0 Å². The summed E-state index contributed by atoms with van der Waals surface area (Å²) in [7, 11) is 2.15. The van der Waals surface area contributed by atoms with Crippen molar-refractivity contribution >= 4 is 11.7 Å². The number of fused-ring (bicyclic) bond motifs is 2. The number of nitrogens with zero attached hydrogens (tertiary/aromatic N) is 4. The number of amides is 1. The zero-order valence-electron chi connectivity index (χ0n) is 15.4. The first-order chi connectivity index (χ1) is 13.2. The molecule has 7 nitrogen and oxygen atoms in total. The van der Waals surface area contributed by atoms with Crippen LogP contribution >= 0.6 is 0 Å². The van der Waals surface area contributed by atoms with E-state index in [0.29, 0.717) is 24.1 Å². The molecular formula is C20H23N5O2. The average molecular weight is 365 g/mol. The van der Waals surface area contributed by atoms with Gasteiger partial charge in [-0.1, -0.05) is 30.3 Å². The minimum atomic E-state index is -0.109. The fraction of sp³-hybridized carbons (Fsp3) is 0.450. The molecule has 0 bridgehead atoms. The molecule has 3 aliphatic rings. The monoisotopic (exact) mass is 365 g/mol. The van der Waals surface area contributed by atoms with E-state index in [2.05, 4.69) is 27.1 Å². The quantitative estimate of drug-likeness (QED) is 0.855. The third kappa shape index (κ3) is 2.87. The lowest BCUT2D eigenvalue weighted by molar-refractivity contribution is -0.0362. The van der Waals surface area contributed by atoms with E-state index in [0.717, 1.165) is 49.6 Å². The number of rotatable bonds is 2. The molecule has 1 aromatic heterocycles. The highest BCUT2D eigenvalue weighted by molar-refractivity contribution is 5.96. The van der Waals surface area contributed by atoms with Crippen molar-refractivity contribution in [3.8, 4) is 11.4 Å². The second-order valence-corrected chi connectivity index (χ2v) is 7.43. The van der Waals surface area contributed by atoms with Gasteiger partial charge in [-0.15, -0.1) is 0 Å². The molecule has 0 aliphatic carbocycles. The number of anilines is 1. The van der Waals surface area contributed by atoms with Crippen molar-refractivity contribution in [2.75, 3.05) is 44.7 Å². The number of benzene rings is 1. The number of hydrogen-bond acceptors (Lipinski definition) is 6. The van der Waals surface area contributed by atoms with Gasteiger partial charge in [-0.2, -0.15) is 0 Å². The van der Waals surface area contributed by atoms with E-state index in [1.165, 1.54) is 0 Å². The molecular weight excluding hydrogens is 342 g/mol. The van der Waals surface area contributed by atoms with E-state index in [9.17, 15) is 4.79 Å². The summed E-state index contributed by atoms with van der Waals surface area (Å²) in [5.74, 6) is 1.38. The summed E-state index contributed by atoms with van der Waals surface area (Å²) in [6.45, 7) is 4.01. The summed E-state index contributed by atoms with van der Waals surface area (Å²) >= 11 is 0. The van der Waals surface area contributed by atoms with Gasteiger partial charge in [0.15, 0.2) is 5.82 Å². The van der Waals surface area contributed by atoms with Crippen LogP contribution in [0.1, 0.15) is 16.1 Å². The van der Waals surface area contributed by atoms with Crippen LogP contribution in [0, 0.1) is 0 Å². The van der Waals surface area contributed by atoms with Crippen molar-refractivity contribution in [2.24, 2.45) is 0 Å². The van der Waals surface area contributed by atoms with E-state index >= 15 is 0 Å². The van der Waals surface area contributed by atoms with Gasteiger partial charge in [-0.05, 0) is 13.5 Å². The predicted octanol–water partition coefficient (Wildman–Crippen LogP) is 0.949. The Balaban J connectivity index is 1.59. The van der Waals surface area contributed by atoms with E-state index in [1.54, 1.807) is 0 Å². The third-order valence-corrected chi connectivity index (χ3v) is 5.77. The molecule has 4 heterocycles. The Morgan fingerprint density at radius 1 is 1.19 bits per heavy atom. The normalized spacial score (nSPS) is 25.1. The maximum absolute atomic E-state index is 12.5. The number of likely N-dealkylation sites (N-methyl/N-ethyl adjacent to an activating group) is 1. The molecule has 2 fully saturated rings. The van der Waals surface area contributed by atoms with Crippen LogP contribution in [0.5, 0.6) is 0 Å². The highest BCUT2D eigenvalue weighted by Gasteiger charge is 2.40. The first-order valence-corrected chi connectivity index (χ1v) is 9.52. The Hall–Kier alpha value is -2.51. The second-order valence-electron chi connectivity index (χ2n) is 7.43. The lowest BCUT2D eigenvalue weighted by Crippen LogP contribution is -2.48. The van der Waals surface area contributed by atoms with Crippen LogP contribution in [0.4, 0.5) is 5.82 Å². The van der Waals surface area contributed by atoms with Crippen molar-refractivity contribution in [3.05, 3.63) is 41.6 Å². The van der Waals surface area contributed by atoms with E-state index < -0.39 is 0 Å². The Kier molecular flexibility index (Phi) is 4.06. The Bertz CT molecular complexity index is 872. The number of ether oxygens (including phenoxy) is 1. The minimum absolute atomic E-state index is 0.109. The number of morpholine rings is 1. The second kappa shape index (κ2) is 6.58. The first-order valence-electron chi connectivity index (χ1n) is 9.52. The lowest BCUT2D eigenvalue weighted by atomic mass is 10.1. The van der Waals surface area contributed by atoms with Gasteiger partial charge in [-0.25, -0.2) is 9.97 Å². The molecule has 27 heavy (non-hydrogen) atoms. The summed E-state index contributed by atoms with van der Waals surface area (Å²) in [5.41, 5.74) is 2.39. The Morgan fingerprint density at radius 2 is 2.04 bits per heavy atom. The van der Waals surface area contributed by atoms with Crippen molar-refractivity contribution in [2.45, 2.75) is 18.6 Å². The highest BCUT2D eigenvalue weighted by atomic mass is 16.5. The molecule has 2 aromatic rings. The van der Waals surface area contributed by atoms with Crippen molar-refractivity contribution in [1.82, 2.24) is 20.2 Å². The molecule has 0 saturated carbocycles. The Morgan fingerprint density at radius 3 is 2.85 bits per heavy atom. The summed E-state index contributed by atoms with van der Waals surface area (Å²) in [4.78, 5) is 26.7. The molecule has 0 spiro atoms. The zero-order chi connectivity index (χ0) is 18.4. The lowest BCUT2D eigenvalue weighted by Gasteiger charge is -2.33. The summed E-state index contributed by atoms with van der Waals surface area (Å²) in [6, 6.07) is 10.2. The molecule has 3 aliphatic heterocycles. The van der Waals surface area contributed by atoms with Crippen LogP contribution < -0.4 is 10.2 Å². The molecule has 2 saturated heterocycles. The average Bonchev–Trinajstić information content (AvgIpc) is 3.14. The van der Waals surface area contributed by atoms with Gasteiger partial charge >= 0.3 is 0 Å². The largest absolute Gasteiger partial charge is 0.373 e. The summed E-state index contributed by atoms with van der Waals surface area (Å²) in [5, 5.41) is 2.91. The van der Waals surface area contributed by atoms with Gasteiger partial charge in [0.05, 0.1) is 18.8 Å². The number of aromatic nitrogens is 2. The molecule has 5 rings (SSSR count). The van der Waals surface area contributed by atoms with Gasteiger partial charge in [0.2, 0.25) is 0 Å². The summed E-state index contributed by atoms with van der Waals surface area (Å²) in [6.07, 6.45) is 0.945. The molecule has 140 valence electrons. The van der Waals surface area contributed by atoms with Crippen LogP contribution in [-0.2, 0) is 11.2 Å². The SMILES string of the molecule is CN1CCO[C@H]2CN(c3nc(-c4ccccc4)nc4c3CCNC4=O)C[C@@H]21. The number of nitrogens with one attached hydrogen (secondary N) is 1. The van der Waals surface area contributed by atoms with Crippen molar-refractivity contribution < 1.29 is 9.53 Å². The van der Waals surface area contributed by atoms with Gasteiger partial charge in [-0.3, -0.25) is 9.69 Å². The van der Waals surface area contributed by atoms with E-state index in [-0.39, 0.29) is 12.0 Å².